The number of hydrogen-bond donors (Lipinski definition) is 3. The lowest BCUT2D eigenvalue weighted by molar-refractivity contribution is -0.122. The molecule has 0 spiro atoms. The van der Waals surface area contributed by atoms with Crippen LogP contribution in [-0.4, -0.2) is 49.3 Å². The molecule has 7 heteroatoms. The Labute approximate surface area is 190 Å². The summed E-state index contributed by atoms with van der Waals surface area (Å²) in [7, 11) is 3.65. The van der Waals surface area contributed by atoms with Gasteiger partial charge in [0.2, 0.25) is 11.8 Å². The molecule has 1 atom stereocenters. The lowest BCUT2D eigenvalue weighted by Crippen LogP contribution is -2.44. The molecule has 2 rings (SSSR count). The van der Waals surface area contributed by atoms with E-state index in [1.54, 1.807) is 30.0 Å². The highest BCUT2D eigenvalue weighted by molar-refractivity contribution is 5.97. The van der Waals surface area contributed by atoms with Gasteiger partial charge in [-0.1, -0.05) is 45.0 Å². The van der Waals surface area contributed by atoms with Gasteiger partial charge in [0.15, 0.2) is 0 Å². The van der Waals surface area contributed by atoms with Gasteiger partial charge in [0.25, 0.3) is 5.91 Å². The number of likely N-dealkylation sites (N-methyl/N-ethyl adjacent to an activating group) is 1. The van der Waals surface area contributed by atoms with Crippen LogP contribution in [0.4, 0.5) is 5.69 Å². The van der Waals surface area contributed by atoms with Crippen molar-refractivity contribution in [1.29, 1.82) is 0 Å². The Hall–Kier alpha value is -3.19. The first-order chi connectivity index (χ1) is 15.0. The molecule has 3 N–H and O–H groups in total. The van der Waals surface area contributed by atoms with Gasteiger partial charge in [0, 0.05) is 17.8 Å². The van der Waals surface area contributed by atoms with E-state index in [0.717, 1.165) is 11.1 Å². The number of carbonyl (C=O) groups excluding carboxylic acids is 3. The second-order valence-electron chi connectivity index (χ2n) is 9.23. The van der Waals surface area contributed by atoms with Crippen LogP contribution in [0.1, 0.15) is 49.2 Å². The number of amides is 3. The third-order valence-corrected chi connectivity index (χ3v) is 4.89. The van der Waals surface area contributed by atoms with Crippen molar-refractivity contribution in [2.75, 3.05) is 26.0 Å². The summed E-state index contributed by atoms with van der Waals surface area (Å²) in [6.07, 6.45) is 0. The van der Waals surface area contributed by atoms with E-state index >= 15 is 0 Å². The van der Waals surface area contributed by atoms with Crippen LogP contribution < -0.4 is 16.0 Å². The summed E-state index contributed by atoms with van der Waals surface area (Å²) in [6.45, 7) is 8.56. The van der Waals surface area contributed by atoms with Crippen LogP contribution in [0, 0.1) is 0 Å². The lowest BCUT2D eigenvalue weighted by atomic mass is 9.86. The molecule has 0 aromatic heterocycles. The van der Waals surface area contributed by atoms with Crippen molar-refractivity contribution in [3.63, 3.8) is 0 Å². The van der Waals surface area contributed by atoms with Gasteiger partial charge in [-0.25, -0.2) is 0 Å². The largest absolute Gasteiger partial charge is 0.350 e. The minimum atomic E-state index is -0.687. The molecule has 32 heavy (non-hydrogen) atoms. The number of hydrogen-bond acceptors (Lipinski definition) is 4. The van der Waals surface area contributed by atoms with Gasteiger partial charge in [-0.2, -0.15) is 0 Å². The van der Waals surface area contributed by atoms with Crippen molar-refractivity contribution in [2.45, 2.75) is 45.7 Å². The van der Waals surface area contributed by atoms with Crippen LogP contribution in [0.3, 0.4) is 0 Å². The molecule has 7 nitrogen and oxygen atoms in total. The van der Waals surface area contributed by atoms with Crippen LogP contribution in [0.2, 0.25) is 0 Å². The Kier molecular flexibility index (Phi) is 8.55. The minimum Gasteiger partial charge on any atom is -0.350 e. The number of nitrogens with one attached hydrogen (secondary N) is 3. The van der Waals surface area contributed by atoms with Gasteiger partial charge < -0.3 is 20.9 Å². The van der Waals surface area contributed by atoms with Crippen LogP contribution in [0.15, 0.2) is 48.5 Å². The summed E-state index contributed by atoms with van der Waals surface area (Å²) in [4.78, 5) is 38.6. The first kappa shape index (κ1) is 25.1. The maximum absolute atomic E-state index is 12.5. The molecule has 172 valence electrons. The standard InChI is InChI=1S/C25H34N4O3/c1-17(27-24(32)19-10-12-20(13-11-19)25(2,3)4)23(31)26-15-18-8-7-9-21(14-18)28-22(30)16-29(5)6/h7-14,17H,15-16H2,1-6H3,(H,26,31)(H,27,32)(H,28,30). The Balaban J connectivity index is 1.88. The van der Waals surface area contributed by atoms with Crippen LogP contribution >= 0.6 is 0 Å². The Bertz CT molecular complexity index is 946. The first-order valence-corrected chi connectivity index (χ1v) is 10.7. The fraction of sp³-hybridized carbons (Fsp3) is 0.400. The summed E-state index contributed by atoms with van der Waals surface area (Å²) < 4.78 is 0. The van der Waals surface area contributed by atoms with Crippen molar-refractivity contribution in [1.82, 2.24) is 15.5 Å². The van der Waals surface area contributed by atoms with E-state index in [-0.39, 0.29) is 36.2 Å². The van der Waals surface area contributed by atoms with Crippen molar-refractivity contribution in [3.05, 3.63) is 65.2 Å². The molecule has 0 aliphatic carbocycles. The van der Waals surface area contributed by atoms with Crippen molar-refractivity contribution >= 4 is 23.4 Å². The average Bonchev–Trinajstić information content (AvgIpc) is 2.71. The molecule has 2 aromatic carbocycles. The zero-order valence-corrected chi connectivity index (χ0v) is 19.8. The van der Waals surface area contributed by atoms with Gasteiger partial charge >= 0.3 is 0 Å². The molecule has 1 unspecified atom stereocenters. The second kappa shape index (κ2) is 10.9. The predicted molar refractivity (Wildman–Crippen MR) is 128 cm³/mol. The van der Waals surface area contributed by atoms with Gasteiger partial charge in [0.1, 0.15) is 6.04 Å². The zero-order valence-electron chi connectivity index (χ0n) is 19.8. The molecular formula is C25H34N4O3. The fourth-order valence-corrected chi connectivity index (χ4v) is 3.06. The number of carbonyl (C=O) groups is 3. The van der Waals surface area contributed by atoms with Gasteiger partial charge in [-0.05, 0) is 61.8 Å². The van der Waals surface area contributed by atoms with E-state index in [1.165, 1.54) is 0 Å². The molecule has 0 aliphatic heterocycles. The third-order valence-electron chi connectivity index (χ3n) is 4.89. The maximum Gasteiger partial charge on any atom is 0.251 e. The molecule has 0 fully saturated rings. The summed E-state index contributed by atoms with van der Waals surface area (Å²) in [5.74, 6) is -0.687. The normalized spacial score (nSPS) is 12.2. The predicted octanol–water partition coefficient (Wildman–Crippen LogP) is 2.92. The SMILES string of the molecule is CC(NC(=O)c1ccc(C(C)(C)C)cc1)C(=O)NCc1cccc(NC(=O)CN(C)C)c1. The summed E-state index contributed by atoms with van der Waals surface area (Å²) in [5, 5.41) is 8.39. The molecule has 0 saturated carbocycles. The monoisotopic (exact) mass is 438 g/mol. The summed E-state index contributed by atoms with van der Waals surface area (Å²) in [6, 6.07) is 14.0. The molecular weight excluding hydrogens is 404 g/mol. The quantitative estimate of drug-likeness (QED) is 0.591. The second-order valence-corrected chi connectivity index (χ2v) is 9.23. The number of benzene rings is 2. The molecule has 0 saturated heterocycles. The van der Waals surface area contributed by atoms with Gasteiger partial charge in [0.05, 0.1) is 6.54 Å². The molecule has 3 amide bonds. The number of nitrogens with zero attached hydrogens (tertiary/aromatic N) is 1. The Morgan fingerprint density at radius 2 is 1.66 bits per heavy atom. The van der Waals surface area contributed by atoms with Crippen molar-refractivity contribution in [3.8, 4) is 0 Å². The first-order valence-electron chi connectivity index (χ1n) is 10.7. The lowest BCUT2D eigenvalue weighted by Gasteiger charge is -2.19. The number of rotatable bonds is 8. The Morgan fingerprint density at radius 1 is 1.00 bits per heavy atom. The van der Waals surface area contributed by atoms with E-state index in [9.17, 15) is 14.4 Å². The molecule has 0 heterocycles. The highest BCUT2D eigenvalue weighted by atomic mass is 16.2. The van der Waals surface area contributed by atoms with E-state index in [1.807, 2.05) is 44.4 Å². The highest BCUT2D eigenvalue weighted by Gasteiger charge is 2.18. The van der Waals surface area contributed by atoms with E-state index in [4.69, 9.17) is 0 Å². The summed E-state index contributed by atoms with van der Waals surface area (Å²) in [5.41, 5.74) is 3.18. The molecule has 0 radical (unpaired) electrons. The molecule has 0 aliphatic rings. The molecule has 2 aromatic rings. The number of anilines is 1. The van der Waals surface area contributed by atoms with Gasteiger partial charge in [-0.15, -0.1) is 0 Å². The van der Waals surface area contributed by atoms with Crippen molar-refractivity contribution < 1.29 is 14.4 Å². The van der Waals surface area contributed by atoms with E-state index in [2.05, 4.69) is 36.7 Å². The van der Waals surface area contributed by atoms with Crippen molar-refractivity contribution in [2.24, 2.45) is 0 Å². The molecule has 0 bridgehead atoms. The highest BCUT2D eigenvalue weighted by Crippen LogP contribution is 2.22. The topological polar surface area (TPSA) is 90.5 Å². The minimum absolute atomic E-state index is 0.00858. The zero-order chi connectivity index (χ0) is 23.9. The summed E-state index contributed by atoms with van der Waals surface area (Å²) >= 11 is 0. The third kappa shape index (κ3) is 7.81. The fourth-order valence-electron chi connectivity index (χ4n) is 3.06. The van der Waals surface area contributed by atoms with E-state index in [0.29, 0.717) is 11.3 Å². The van der Waals surface area contributed by atoms with Crippen LogP contribution in [0.5, 0.6) is 0 Å². The van der Waals surface area contributed by atoms with Crippen LogP contribution in [-0.2, 0) is 21.5 Å². The Morgan fingerprint density at radius 3 is 2.25 bits per heavy atom. The van der Waals surface area contributed by atoms with E-state index < -0.39 is 6.04 Å². The van der Waals surface area contributed by atoms with Crippen LogP contribution in [0.25, 0.3) is 0 Å². The smallest absolute Gasteiger partial charge is 0.251 e. The maximum atomic E-state index is 12.5. The van der Waals surface area contributed by atoms with Gasteiger partial charge in [-0.3, -0.25) is 14.4 Å². The average molecular weight is 439 g/mol.